The van der Waals surface area contributed by atoms with E-state index in [1.807, 2.05) is 0 Å². The van der Waals surface area contributed by atoms with Crippen LogP contribution in [0.4, 0.5) is 17.6 Å². The van der Waals surface area contributed by atoms with Crippen LogP contribution in [0.25, 0.3) is 0 Å². The third kappa shape index (κ3) is 3.93. The van der Waals surface area contributed by atoms with E-state index in [4.69, 9.17) is 0 Å². The molecule has 0 aromatic heterocycles. The average molecular weight is 277 g/mol. The van der Waals surface area contributed by atoms with Crippen molar-refractivity contribution in [3.8, 4) is 0 Å². The van der Waals surface area contributed by atoms with Crippen LogP contribution < -0.4 is 5.32 Å². The molecule has 0 saturated carbocycles. The molecule has 0 fully saturated rings. The number of hydrogen-bond donors (Lipinski definition) is 1. The van der Waals surface area contributed by atoms with Crippen molar-refractivity contribution in [1.82, 2.24) is 5.32 Å². The van der Waals surface area contributed by atoms with Crippen molar-refractivity contribution >= 4 is 0 Å². The lowest BCUT2D eigenvalue weighted by Crippen LogP contribution is -2.41. The molecule has 1 N–H and O–H groups in total. The molecule has 108 valence electrons. The number of alkyl halides is 4. The van der Waals surface area contributed by atoms with Gasteiger partial charge in [-0.05, 0) is 30.5 Å². The van der Waals surface area contributed by atoms with Crippen LogP contribution in [-0.4, -0.2) is 19.4 Å². The number of nitrogens with one attached hydrogen (secondary N) is 1. The lowest BCUT2D eigenvalue weighted by molar-refractivity contribution is -0.150. The molecule has 1 atom stereocenters. The molecule has 1 rings (SSSR count). The highest BCUT2D eigenvalue weighted by molar-refractivity contribution is 5.27. The largest absolute Gasteiger partial charge is 0.326 e. The van der Waals surface area contributed by atoms with Crippen LogP contribution in [0.5, 0.6) is 0 Å². The second kappa shape index (κ2) is 6.37. The van der Waals surface area contributed by atoms with Crippen molar-refractivity contribution in [2.75, 3.05) is 7.05 Å². The van der Waals surface area contributed by atoms with E-state index in [0.717, 1.165) is 12.0 Å². The molecule has 0 spiro atoms. The molecule has 0 amide bonds. The van der Waals surface area contributed by atoms with Crippen molar-refractivity contribution in [3.05, 3.63) is 35.4 Å². The summed E-state index contributed by atoms with van der Waals surface area (Å²) >= 11 is 0. The third-order valence-corrected chi connectivity index (χ3v) is 2.92. The molecule has 0 aliphatic heterocycles. The van der Waals surface area contributed by atoms with Crippen LogP contribution in [0, 0.1) is 5.92 Å². The van der Waals surface area contributed by atoms with Gasteiger partial charge in [0.2, 0.25) is 0 Å². The number of halogens is 4. The number of benzene rings is 1. The van der Waals surface area contributed by atoms with Gasteiger partial charge in [0.05, 0.1) is 0 Å². The summed E-state index contributed by atoms with van der Waals surface area (Å²) in [5.41, 5.74) is 1.18. The normalized spacial score (nSPS) is 14.2. The maximum atomic E-state index is 13.4. The molecule has 1 aromatic rings. The highest BCUT2D eigenvalue weighted by atomic mass is 19.3. The molecule has 5 heteroatoms. The zero-order chi connectivity index (χ0) is 14.6. The van der Waals surface area contributed by atoms with Gasteiger partial charge in [-0.25, -0.2) is 8.78 Å². The molecule has 1 unspecified atom stereocenters. The highest BCUT2D eigenvalue weighted by Crippen LogP contribution is 2.36. The SMILES string of the molecule is CNC(c1ccc(CC(C)C)cc1)C(F)(F)C(F)F. The van der Waals surface area contributed by atoms with E-state index in [1.54, 1.807) is 12.1 Å². The summed E-state index contributed by atoms with van der Waals surface area (Å²) in [6.45, 7) is 4.10. The fourth-order valence-corrected chi connectivity index (χ4v) is 2.02. The molecule has 1 nitrogen and oxygen atoms in total. The van der Waals surface area contributed by atoms with Crippen molar-refractivity contribution in [2.24, 2.45) is 5.92 Å². The lowest BCUT2D eigenvalue weighted by Gasteiger charge is -2.26. The van der Waals surface area contributed by atoms with E-state index >= 15 is 0 Å². The van der Waals surface area contributed by atoms with E-state index in [0.29, 0.717) is 5.92 Å². The van der Waals surface area contributed by atoms with Crippen LogP contribution in [0.2, 0.25) is 0 Å². The minimum Gasteiger partial charge on any atom is -0.308 e. The van der Waals surface area contributed by atoms with Gasteiger partial charge in [0, 0.05) is 0 Å². The Bertz CT molecular complexity index is 387. The topological polar surface area (TPSA) is 12.0 Å². The summed E-state index contributed by atoms with van der Waals surface area (Å²) in [4.78, 5) is 0. The number of rotatable bonds is 6. The van der Waals surface area contributed by atoms with E-state index in [9.17, 15) is 17.6 Å². The Hall–Kier alpha value is -1.10. The van der Waals surface area contributed by atoms with Gasteiger partial charge in [0.25, 0.3) is 0 Å². The Morgan fingerprint density at radius 1 is 1.11 bits per heavy atom. The van der Waals surface area contributed by atoms with Crippen molar-refractivity contribution < 1.29 is 17.6 Å². The van der Waals surface area contributed by atoms with Crippen LogP contribution >= 0.6 is 0 Å². The van der Waals surface area contributed by atoms with E-state index in [-0.39, 0.29) is 5.56 Å². The molecule has 1 aromatic carbocycles. The zero-order valence-electron chi connectivity index (χ0n) is 11.3. The fraction of sp³-hybridized carbons (Fsp3) is 0.571. The van der Waals surface area contributed by atoms with Crippen LogP contribution in [0.15, 0.2) is 24.3 Å². The molecular formula is C14H19F4N. The Morgan fingerprint density at radius 2 is 1.63 bits per heavy atom. The van der Waals surface area contributed by atoms with E-state index in [2.05, 4.69) is 19.2 Å². The minimum absolute atomic E-state index is 0.167. The standard InChI is InChI=1S/C14H19F4N/c1-9(2)8-10-4-6-11(7-5-10)12(19-3)14(17,18)13(15)16/h4-7,9,12-13,19H,8H2,1-3H3. The second-order valence-electron chi connectivity index (χ2n) is 5.04. The first-order valence-electron chi connectivity index (χ1n) is 6.21. The quantitative estimate of drug-likeness (QED) is 0.774. The predicted molar refractivity (Wildman–Crippen MR) is 67.7 cm³/mol. The lowest BCUT2D eigenvalue weighted by atomic mass is 9.97. The first kappa shape index (κ1) is 16.0. The van der Waals surface area contributed by atoms with Crippen LogP contribution in [-0.2, 0) is 6.42 Å². The molecule has 19 heavy (non-hydrogen) atoms. The van der Waals surface area contributed by atoms with Crippen molar-refractivity contribution in [3.63, 3.8) is 0 Å². The summed E-state index contributed by atoms with van der Waals surface area (Å²) < 4.78 is 51.6. The molecular weight excluding hydrogens is 258 g/mol. The molecule has 0 saturated heterocycles. The van der Waals surface area contributed by atoms with Gasteiger partial charge in [-0.15, -0.1) is 0 Å². The second-order valence-corrected chi connectivity index (χ2v) is 5.04. The Kier molecular flexibility index (Phi) is 5.35. The average Bonchev–Trinajstić information content (AvgIpc) is 2.31. The summed E-state index contributed by atoms with van der Waals surface area (Å²) in [5, 5.41) is 2.27. The van der Waals surface area contributed by atoms with Gasteiger partial charge in [0.15, 0.2) is 0 Å². The van der Waals surface area contributed by atoms with Gasteiger partial charge in [-0.2, -0.15) is 8.78 Å². The van der Waals surface area contributed by atoms with Gasteiger partial charge in [0.1, 0.15) is 6.04 Å². The molecule has 0 radical (unpaired) electrons. The monoisotopic (exact) mass is 277 g/mol. The Morgan fingerprint density at radius 3 is 2.00 bits per heavy atom. The minimum atomic E-state index is -4.09. The van der Waals surface area contributed by atoms with E-state index < -0.39 is 18.4 Å². The highest BCUT2D eigenvalue weighted by Gasteiger charge is 2.48. The summed E-state index contributed by atoms with van der Waals surface area (Å²) in [6, 6.07) is 4.70. The molecule has 0 bridgehead atoms. The smallest absolute Gasteiger partial charge is 0.308 e. The zero-order valence-corrected chi connectivity index (χ0v) is 11.3. The van der Waals surface area contributed by atoms with E-state index in [1.165, 1.54) is 19.2 Å². The maximum absolute atomic E-state index is 13.4. The van der Waals surface area contributed by atoms with Crippen LogP contribution in [0.3, 0.4) is 0 Å². The van der Waals surface area contributed by atoms with Gasteiger partial charge >= 0.3 is 12.3 Å². The van der Waals surface area contributed by atoms with Gasteiger partial charge < -0.3 is 5.32 Å². The molecule has 0 aliphatic rings. The summed E-state index contributed by atoms with van der Waals surface area (Å²) in [7, 11) is 1.25. The fourth-order valence-electron chi connectivity index (χ4n) is 2.02. The maximum Gasteiger partial charge on any atom is 0.326 e. The first-order chi connectivity index (χ1) is 8.78. The summed E-state index contributed by atoms with van der Waals surface area (Å²) in [5.74, 6) is -3.64. The molecule has 0 heterocycles. The number of hydrogen-bond acceptors (Lipinski definition) is 1. The Labute approximate surface area is 111 Å². The predicted octanol–water partition coefficient (Wildman–Crippen LogP) is 4.05. The van der Waals surface area contributed by atoms with Crippen molar-refractivity contribution in [2.45, 2.75) is 38.7 Å². The van der Waals surface area contributed by atoms with Crippen molar-refractivity contribution in [1.29, 1.82) is 0 Å². The van der Waals surface area contributed by atoms with Gasteiger partial charge in [-0.1, -0.05) is 38.1 Å². The van der Waals surface area contributed by atoms with Gasteiger partial charge in [-0.3, -0.25) is 0 Å². The Balaban J connectivity index is 2.94. The summed E-state index contributed by atoms with van der Waals surface area (Å²) in [6.07, 6.45) is -2.87. The third-order valence-electron chi connectivity index (χ3n) is 2.92. The first-order valence-corrected chi connectivity index (χ1v) is 6.21. The van der Waals surface area contributed by atoms with Crippen LogP contribution in [0.1, 0.15) is 31.0 Å². The molecule has 0 aliphatic carbocycles.